The van der Waals surface area contributed by atoms with Crippen molar-refractivity contribution in [3.8, 4) is 11.4 Å². The molecule has 0 spiro atoms. The lowest BCUT2D eigenvalue weighted by molar-refractivity contribution is 0.697. The monoisotopic (exact) mass is 236 g/mol. The van der Waals surface area contributed by atoms with Crippen LogP contribution in [0.3, 0.4) is 0 Å². The lowest BCUT2D eigenvalue weighted by Crippen LogP contribution is -2.08. The second-order valence-electron chi connectivity index (χ2n) is 3.49. The number of aromatic nitrogens is 3. The molecule has 2 N–H and O–H groups in total. The predicted octanol–water partition coefficient (Wildman–Crippen LogP) is 1.64. The van der Waals surface area contributed by atoms with Gasteiger partial charge in [-0.3, -0.25) is 4.68 Å². The highest BCUT2D eigenvalue weighted by atomic mass is 35.5. The number of halogens is 1. The molecule has 0 aliphatic heterocycles. The summed E-state index contributed by atoms with van der Waals surface area (Å²) in [6, 6.07) is 7.54. The third kappa shape index (κ3) is 2.08. The van der Waals surface area contributed by atoms with Crippen molar-refractivity contribution in [3.05, 3.63) is 35.1 Å². The average Bonchev–Trinajstić information content (AvgIpc) is 2.61. The van der Waals surface area contributed by atoms with E-state index < -0.39 is 0 Å². The molecule has 0 unspecified atom stereocenters. The zero-order valence-corrected chi connectivity index (χ0v) is 9.78. The molecule has 1 aromatic carbocycles. The minimum Gasteiger partial charge on any atom is -0.330 e. The largest absolute Gasteiger partial charge is 0.330 e. The van der Waals surface area contributed by atoms with Crippen molar-refractivity contribution < 1.29 is 0 Å². The Balaban J connectivity index is 2.42. The Morgan fingerprint density at radius 2 is 2.12 bits per heavy atom. The molecular weight excluding hydrogens is 224 g/mol. The highest BCUT2D eigenvalue weighted by Gasteiger charge is 2.10. The highest BCUT2D eigenvalue weighted by molar-refractivity contribution is 6.33. The van der Waals surface area contributed by atoms with E-state index in [1.807, 2.05) is 31.3 Å². The average molecular weight is 237 g/mol. The van der Waals surface area contributed by atoms with Gasteiger partial charge in [0.1, 0.15) is 5.82 Å². The molecule has 16 heavy (non-hydrogen) atoms. The maximum Gasteiger partial charge on any atom is 0.182 e. The third-order valence-electron chi connectivity index (χ3n) is 2.34. The molecule has 0 saturated carbocycles. The first-order valence-corrected chi connectivity index (χ1v) is 5.45. The number of nitrogens with two attached hydrogens (primary N) is 1. The van der Waals surface area contributed by atoms with Gasteiger partial charge < -0.3 is 5.73 Å². The van der Waals surface area contributed by atoms with Gasteiger partial charge in [0, 0.05) is 19.0 Å². The number of aryl methyl sites for hydroxylation is 1. The van der Waals surface area contributed by atoms with Crippen molar-refractivity contribution in [2.45, 2.75) is 6.42 Å². The lowest BCUT2D eigenvalue weighted by atomic mass is 10.2. The quantitative estimate of drug-likeness (QED) is 0.882. The molecule has 2 aromatic rings. The molecule has 0 aliphatic carbocycles. The van der Waals surface area contributed by atoms with Crippen molar-refractivity contribution in [1.29, 1.82) is 0 Å². The Morgan fingerprint density at radius 3 is 2.81 bits per heavy atom. The zero-order chi connectivity index (χ0) is 11.5. The Labute approximate surface area is 99.1 Å². The molecule has 4 nitrogen and oxygen atoms in total. The van der Waals surface area contributed by atoms with Gasteiger partial charge in [0.25, 0.3) is 0 Å². The van der Waals surface area contributed by atoms with Crippen LogP contribution < -0.4 is 5.73 Å². The van der Waals surface area contributed by atoms with Gasteiger partial charge in [0.05, 0.1) is 5.02 Å². The van der Waals surface area contributed by atoms with Crippen molar-refractivity contribution in [3.63, 3.8) is 0 Å². The van der Waals surface area contributed by atoms with E-state index in [0.29, 0.717) is 23.8 Å². The summed E-state index contributed by atoms with van der Waals surface area (Å²) < 4.78 is 1.74. The minimum atomic E-state index is 0.564. The predicted molar refractivity (Wildman–Crippen MR) is 64.2 cm³/mol. The van der Waals surface area contributed by atoms with E-state index in [9.17, 15) is 0 Å². The topological polar surface area (TPSA) is 56.7 Å². The van der Waals surface area contributed by atoms with Crippen LogP contribution in [0.1, 0.15) is 5.82 Å². The summed E-state index contributed by atoms with van der Waals surface area (Å²) in [5.74, 6) is 1.52. The van der Waals surface area contributed by atoms with Crippen LogP contribution in [-0.2, 0) is 13.5 Å². The number of hydrogen-bond acceptors (Lipinski definition) is 3. The van der Waals surface area contributed by atoms with Crippen molar-refractivity contribution in [2.24, 2.45) is 12.8 Å². The molecule has 84 valence electrons. The molecule has 0 saturated heterocycles. The standard InChI is InChI=1S/C11H13ClN4/c1-16-10(6-7-13)14-11(15-16)8-4-2-3-5-9(8)12/h2-5H,6-7,13H2,1H3. The normalized spacial score (nSPS) is 10.7. The number of nitrogens with zero attached hydrogens (tertiary/aromatic N) is 3. The number of hydrogen-bond donors (Lipinski definition) is 1. The molecule has 5 heteroatoms. The first-order chi connectivity index (χ1) is 7.72. The van der Waals surface area contributed by atoms with Crippen molar-refractivity contribution in [2.75, 3.05) is 6.54 Å². The summed E-state index contributed by atoms with van der Waals surface area (Å²) in [4.78, 5) is 4.42. The molecule has 1 heterocycles. The van der Waals surface area contributed by atoms with Gasteiger partial charge in [-0.25, -0.2) is 4.98 Å². The molecule has 0 radical (unpaired) electrons. The fourth-order valence-corrected chi connectivity index (χ4v) is 1.74. The Morgan fingerprint density at radius 1 is 1.38 bits per heavy atom. The molecule has 1 aromatic heterocycles. The summed E-state index contributed by atoms with van der Waals surface area (Å²) >= 11 is 6.08. The smallest absolute Gasteiger partial charge is 0.182 e. The fourth-order valence-electron chi connectivity index (χ4n) is 1.52. The van der Waals surface area contributed by atoms with E-state index in [0.717, 1.165) is 11.4 Å². The fraction of sp³-hybridized carbons (Fsp3) is 0.273. The van der Waals surface area contributed by atoms with Crippen LogP contribution >= 0.6 is 11.6 Å². The van der Waals surface area contributed by atoms with E-state index in [-0.39, 0.29) is 0 Å². The second kappa shape index (κ2) is 4.63. The summed E-state index contributed by atoms with van der Waals surface area (Å²) in [6.07, 6.45) is 0.716. The van der Waals surface area contributed by atoms with Gasteiger partial charge in [-0.05, 0) is 18.7 Å². The van der Waals surface area contributed by atoms with Crippen LogP contribution in [0.2, 0.25) is 5.02 Å². The van der Waals surface area contributed by atoms with Crippen LogP contribution in [0.25, 0.3) is 11.4 Å². The second-order valence-corrected chi connectivity index (χ2v) is 3.90. The zero-order valence-electron chi connectivity index (χ0n) is 9.02. The summed E-state index contributed by atoms with van der Waals surface area (Å²) in [6.45, 7) is 0.564. The van der Waals surface area contributed by atoms with Gasteiger partial charge in [0.15, 0.2) is 5.82 Å². The maximum absolute atomic E-state index is 6.08. The van der Waals surface area contributed by atoms with Gasteiger partial charge in [0.2, 0.25) is 0 Å². The molecule has 0 aliphatic rings. The number of rotatable bonds is 3. The Bertz CT molecular complexity index is 492. The first kappa shape index (κ1) is 11.1. The van der Waals surface area contributed by atoms with Crippen LogP contribution in [0.15, 0.2) is 24.3 Å². The van der Waals surface area contributed by atoms with Crippen LogP contribution in [0.5, 0.6) is 0 Å². The van der Waals surface area contributed by atoms with Gasteiger partial charge in [-0.1, -0.05) is 23.7 Å². The Hall–Kier alpha value is -1.39. The summed E-state index contributed by atoms with van der Waals surface area (Å²) in [7, 11) is 1.86. The van der Waals surface area contributed by atoms with Crippen LogP contribution in [0, 0.1) is 0 Å². The molecule has 0 bridgehead atoms. The van der Waals surface area contributed by atoms with Crippen molar-refractivity contribution >= 4 is 11.6 Å². The molecule has 0 fully saturated rings. The SMILES string of the molecule is Cn1nc(-c2ccccc2Cl)nc1CCN. The lowest BCUT2D eigenvalue weighted by Gasteiger charge is -1.96. The van der Waals surface area contributed by atoms with E-state index >= 15 is 0 Å². The molecule has 0 amide bonds. The van der Waals surface area contributed by atoms with E-state index in [4.69, 9.17) is 17.3 Å². The van der Waals surface area contributed by atoms with Crippen molar-refractivity contribution in [1.82, 2.24) is 14.8 Å². The third-order valence-corrected chi connectivity index (χ3v) is 2.67. The van der Waals surface area contributed by atoms with E-state index in [2.05, 4.69) is 10.1 Å². The minimum absolute atomic E-state index is 0.564. The van der Waals surface area contributed by atoms with Crippen LogP contribution in [0.4, 0.5) is 0 Å². The highest BCUT2D eigenvalue weighted by Crippen LogP contribution is 2.24. The van der Waals surface area contributed by atoms with E-state index in [1.54, 1.807) is 4.68 Å². The molecule has 0 atom stereocenters. The molecular formula is C11H13ClN4. The summed E-state index contributed by atoms with van der Waals surface area (Å²) in [5, 5.41) is 4.99. The molecule has 2 rings (SSSR count). The van der Waals surface area contributed by atoms with Crippen LogP contribution in [-0.4, -0.2) is 21.3 Å². The summed E-state index contributed by atoms with van der Waals surface area (Å²) in [5.41, 5.74) is 6.35. The van der Waals surface area contributed by atoms with E-state index in [1.165, 1.54) is 0 Å². The maximum atomic E-state index is 6.08. The van der Waals surface area contributed by atoms with Gasteiger partial charge in [-0.15, -0.1) is 0 Å². The Kier molecular flexibility index (Phi) is 3.22. The number of benzene rings is 1. The van der Waals surface area contributed by atoms with Gasteiger partial charge >= 0.3 is 0 Å². The first-order valence-electron chi connectivity index (χ1n) is 5.07. The van der Waals surface area contributed by atoms with Gasteiger partial charge in [-0.2, -0.15) is 5.10 Å².